The maximum absolute atomic E-state index is 12.8. The molecular weight excluding hydrogens is 185 g/mol. The molecule has 0 saturated heterocycles. The van der Waals surface area contributed by atoms with Gasteiger partial charge in [-0.1, -0.05) is 12.1 Å². The Morgan fingerprint density at radius 3 is 2.79 bits per heavy atom. The van der Waals surface area contributed by atoms with Gasteiger partial charge in [0.25, 0.3) is 6.36 Å². The van der Waals surface area contributed by atoms with Crippen molar-refractivity contribution in [3.05, 3.63) is 29.8 Å². The minimum Gasteiger partial charge on any atom is -0.452 e. The van der Waals surface area contributed by atoms with Gasteiger partial charge in [0.15, 0.2) is 0 Å². The van der Waals surface area contributed by atoms with Crippen LogP contribution in [0.5, 0.6) is 5.75 Å². The van der Waals surface area contributed by atoms with Crippen LogP contribution in [0.3, 0.4) is 0 Å². The first kappa shape index (κ1) is 10.2. The number of halogens is 1. The zero-order valence-electron chi connectivity index (χ0n) is 7.53. The Balaban J connectivity index is 2.87. The molecule has 0 spiro atoms. The van der Waals surface area contributed by atoms with Crippen molar-refractivity contribution in [1.29, 1.82) is 5.26 Å². The molecule has 0 N–H and O–H groups in total. The number of ketones is 1. The van der Waals surface area contributed by atoms with Gasteiger partial charge in [0.2, 0.25) is 5.78 Å². The first-order chi connectivity index (χ1) is 6.65. The van der Waals surface area contributed by atoms with Crippen molar-refractivity contribution >= 4 is 5.78 Å². The standard InChI is InChI=1S/C10H8FNO2/c1-7(13)10(11)14-9-5-3-2-4-8(9)6-12/h2-5,10H,1H3/t10-/m1/s1. The lowest BCUT2D eigenvalue weighted by molar-refractivity contribution is -0.130. The molecule has 0 fully saturated rings. The number of carbonyl (C=O) groups is 1. The van der Waals surface area contributed by atoms with Crippen molar-refractivity contribution in [2.45, 2.75) is 13.3 Å². The summed E-state index contributed by atoms with van der Waals surface area (Å²) in [7, 11) is 0. The van der Waals surface area contributed by atoms with E-state index in [1.165, 1.54) is 12.1 Å². The van der Waals surface area contributed by atoms with Crippen LogP contribution < -0.4 is 4.74 Å². The number of nitriles is 1. The lowest BCUT2D eigenvalue weighted by atomic mass is 10.2. The van der Waals surface area contributed by atoms with Crippen LogP contribution in [-0.4, -0.2) is 12.1 Å². The van der Waals surface area contributed by atoms with E-state index in [4.69, 9.17) is 5.26 Å². The maximum atomic E-state index is 12.8. The van der Waals surface area contributed by atoms with E-state index < -0.39 is 12.1 Å². The normalized spacial score (nSPS) is 11.5. The molecule has 0 aromatic heterocycles. The summed E-state index contributed by atoms with van der Waals surface area (Å²) in [6, 6.07) is 8.00. The highest BCUT2D eigenvalue weighted by Crippen LogP contribution is 2.18. The zero-order valence-corrected chi connectivity index (χ0v) is 7.53. The Hall–Kier alpha value is -1.89. The van der Waals surface area contributed by atoms with Gasteiger partial charge >= 0.3 is 0 Å². The summed E-state index contributed by atoms with van der Waals surface area (Å²) < 4.78 is 17.5. The molecule has 0 aliphatic heterocycles. The average Bonchev–Trinajstić information content (AvgIpc) is 2.18. The summed E-state index contributed by atoms with van der Waals surface area (Å²) in [4.78, 5) is 10.6. The number of Topliss-reactive ketones (excluding diaryl/α,β-unsaturated/α-hetero) is 1. The van der Waals surface area contributed by atoms with E-state index in [2.05, 4.69) is 4.74 Å². The fourth-order valence-corrected chi connectivity index (χ4v) is 0.856. The summed E-state index contributed by atoms with van der Waals surface area (Å²) in [6.07, 6.45) is -2.01. The molecule has 0 aliphatic rings. The molecule has 1 aromatic carbocycles. The van der Waals surface area contributed by atoms with Crippen LogP contribution in [0.4, 0.5) is 4.39 Å². The lowest BCUT2D eigenvalue weighted by Gasteiger charge is -2.08. The molecule has 1 atom stereocenters. The summed E-state index contributed by atoms with van der Waals surface area (Å²) in [5.74, 6) is -0.643. The molecule has 3 nitrogen and oxygen atoms in total. The van der Waals surface area contributed by atoms with E-state index in [-0.39, 0.29) is 11.3 Å². The van der Waals surface area contributed by atoms with E-state index in [1.54, 1.807) is 12.1 Å². The number of hydrogen-bond donors (Lipinski definition) is 0. The molecule has 1 aromatic rings. The van der Waals surface area contributed by atoms with Crippen LogP contribution in [0, 0.1) is 11.3 Å². The number of benzene rings is 1. The second kappa shape index (κ2) is 4.38. The van der Waals surface area contributed by atoms with Crippen molar-refractivity contribution in [2.75, 3.05) is 0 Å². The van der Waals surface area contributed by atoms with Gasteiger partial charge in [-0.3, -0.25) is 4.79 Å². The third kappa shape index (κ3) is 2.30. The molecule has 0 saturated carbocycles. The molecule has 72 valence electrons. The monoisotopic (exact) mass is 193 g/mol. The highest BCUT2D eigenvalue weighted by molar-refractivity contribution is 5.79. The number of ether oxygens (including phenoxy) is 1. The second-order valence-electron chi connectivity index (χ2n) is 2.65. The van der Waals surface area contributed by atoms with Gasteiger partial charge in [-0.25, -0.2) is 0 Å². The number of para-hydroxylation sites is 1. The second-order valence-corrected chi connectivity index (χ2v) is 2.65. The minimum atomic E-state index is -2.01. The van der Waals surface area contributed by atoms with Crippen LogP contribution in [0.2, 0.25) is 0 Å². The third-order valence-corrected chi connectivity index (χ3v) is 1.56. The Kier molecular flexibility index (Phi) is 3.19. The number of nitrogens with zero attached hydrogens (tertiary/aromatic N) is 1. The van der Waals surface area contributed by atoms with Crippen molar-refractivity contribution in [3.8, 4) is 11.8 Å². The van der Waals surface area contributed by atoms with Gasteiger partial charge in [0.1, 0.15) is 11.8 Å². The van der Waals surface area contributed by atoms with Crippen molar-refractivity contribution in [3.63, 3.8) is 0 Å². The van der Waals surface area contributed by atoms with E-state index >= 15 is 0 Å². The van der Waals surface area contributed by atoms with E-state index in [0.717, 1.165) is 6.92 Å². The molecule has 0 unspecified atom stereocenters. The van der Waals surface area contributed by atoms with Crippen molar-refractivity contribution in [2.24, 2.45) is 0 Å². The average molecular weight is 193 g/mol. The predicted molar refractivity (Wildman–Crippen MR) is 47.4 cm³/mol. The van der Waals surface area contributed by atoms with Gasteiger partial charge < -0.3 is 4.74 Å². The predicted octanol–water partition coefficient (Wildman–Crippen LogP) is 1.82. The smallest absolute Gasteiger partial charge is 0.296 e. The summed E-state index contributed by atoms with van der Waals surface area (Å²) >= 11 is 0. The summed E-state index contributed by atoms with van der Waals surface area (Å²) in [5, 5.41) is 8.63. The highest BCUT2D eigenvalue weighted by Gasteiger charge is 2.15. The van der Waals surface area contributed by atoms with Gasteiger partial charge in [-0.05, 0) is 12.1 Å². The lowest BCUT2D eigenvalue weighted by Crippen LogP contribution is -2.19. The maximum Gasteiger partial charge on any atom is 0.296 e. The molecule has 0 heterocycles. The van der Waals surface area contributed by atoms with Crippen LogP contribution in [-0.2, 0) is 4.79 Å². The van der Waals surface area contributed by atoms with Crippen LogP contribution >= 0.6 is 0 Å². The molecule has 1 rings (SSSR count). The Bertz CT molecular complexity index is 384. The van der Waals surface area contributed by atoms with E-state index in [9.17, 15) is 9.18 Å². The number of rotatable bonds is 3. The first-order valence-electron chi connectivity index (χ1n) is 3.95. The highest BCUT2D eigenvalue weighted by atomic mass is 19.1. The quantitative estimate of drug-likeness (QED) is 0.735. The molecule has 0 radical (unpaired) electrons. The zero-order chi connectivity index (χ0) is 10.6. The summed E-state index contributed by atoms with van der Waals surface area (Å²) in [6.45, 7) is 1.08. The first-order valence-corrected chi connectivity index (χ1v) is 3.95. The molecule has 0 amide bonds. The third-order valence-electron chi connectivity index (χ3n) is 1.56. The number of hydrogen-bond acceptors (Lipinski definition) is 3. The van der Waals surface area contributed by atoms with Gasteiger partial charge in [-0.2, -0.15) is 9.65 Å². The SMILES string of the molecule is CC(=O)[C@H](F)Oc1ccccc1C#N. The van der Waals surface area contributed by atoms with Gasteiger partial charge in [-0.15, -0.1) is 0 Å². The van der Waals surface area contributed by atoms with E-state index in [0.29, 0.717) is 0 Å². The topological polar surface area (TPSA) is 50.1 Å². The largest absolute Gasteiger partial charge is 0.452 e. The van der Waals surface area contributed by atoms with Crippen molar-refractivity contribution in [1.82, 2.24) is 0 Å². The van der Waals surface area contributed by atoms with Gasteiger partial charge in [0.05, 0.1) is 5.56 Å². The fraction of sp³-hybridized carbons (Fsp3) is 0.200. The Labute approximate surface area is 80.7 Å². The van der Waals surface area contributed by atoms with Crippen LogP contribution in [0.15, 0.2) is 24.3 Å². The number of carbonyl (C=O) groups excluding carboxylic acids is 1. The Morgan fingerprint density at radius 1 is 1.57 bits per heavy atom. The fourth-order valence-electron chi connectivity index (χ4n) is 0.856. The molecule has 0 bridgehead atoms. The van der Waals surface area contributed by atoms with E-state index in [1.807, 2.05) is 6.07 Å². The molecule has 4 heteroatoms. The van der Waals surface area contributed by atoms with Crippen molar-refractivity contribution < 1.29 is 13.9 Å². The van der Waals surface area contributed by atoms with Crippen LogP contribution in [0.1, 0.15) is 12.5 Å². The molecule has 14 heavy (non-hydrogen) atoms. The Morgan fingerprint density at radius 2 is 2.21 bits per heavy atom. The van der Waals surface area contributed by atoms with Crippen LogP contribution in [0.25, 0.3) is 0 Å². The molecule has 0 aliphatic carbocycles. The minimum absolute atomic E-state index is 0.0812. The summed E-state index contributed by atoms with van der Waals surface area (Å²) in [5.41, 5.74) is 0.205. The van der Waals surface area contributed by atoms with Gasteiger partial charge in [0, 0.05) is 6.92 Å². The number of alkyl halides is 1. The molecular formula is C10H8FNO2.